The van der Waals surface area contributed by atoms with E-state index in [0.717, 1.165) is 4.88 Å². The van der Waals surface area contributed by atoms with Crippen LogP contribution in [0, 0.1) is 6.92 Å². The molecule has 1 aliphatic rings. The average molecular weight is 441 g/mol. The van der Waals surface area contributed by atoms with Crippen molar-refractivity contribution >= 4 is 27.3 Å². The molecule has 158 valence electrons. The van der Waals surface area contributed by atoms with E-state index in [1.54, 1.807) is 29.2 Å². The molecule has 1 aromatic heterocycles. The van der Waals surface area contributed by atoms with Crippen molar-refractivity contribution < 1.29 is 27.4 Å². The van der Waals surface area contributed by atoms with Crippen molar-refractivity contribution in [2.75, 3.05) is 47.5 Å². The lowest BCUT2D eigenvalue weighted by molar-refractivity contribution is 0.0697. The van der Waals surface area contributed by atoms with Crippen molar-refractivity contribution in [1.29, 1.82) is 0 Å². The van der Waals surface area contributed by atoms with Crippen LogP contribution >= 0.6 is 11.3 Å². The number of aryl methyl sites for hydroxylation is 1. The molecule has 1 amide bonds. The van der Waals surface area contributed by atoms with Crippen LogP contribution in [0.4, 0.5) is 0 Å². The number of hydrogen-bond acceptors (Lipinski definition) is 7. The first kappa shape index (κ1) is 21.4. The fraction of sp³-hybridized carbons (Fsp3) is 0.421. The number of carbonyl (C=O) groups excluding carboxylic acids is 1. The van der Waals surface area contributed by atoms with Crippen LogP contribution in [0.1, 0.15) is 15.2 Å². The van der Waals surface area contributed by atoms with Crippen LogP contribution in [0.15, 0.2) is 28.5 Å². The summed E-state index contributed by atoms with van der Waals surface area (Å²) in [6.45, 7) is 2.97. The van der Waals surface area contributed by atoms with Gasteiger partial charge in [-0.1, -0.05) is 0 Å². The maximum absolute atomic E-state index is 13.0. The highest BCUT2D eigenvalue weighted by molar-refractivity contribution is 7.91. The Labute approximate surface area is 174 Å². The predicted molar refractivity (Wildman–Crippen MR) is 110 cm³/mol. The third-order valence-corrected chi connectivity index (χ3v) is 8.11. The molecular formula is C19H24N2O6S2. The van der Waals surface area contributed by atoms with Crippen LogP contribution < -0.4 is 14.2 Å². The molecule has 8 nitrogen and oxygen atoms in total. The highest BCUT2D eigenvalue weighted by Crippen LogP contribution is 2.38. The lowest BCUT2D eigenvalue weighted by Crippen LogP contribution is -2.50. The molecule has 0 radical (unpaired) electrons. The van der Waals surface area contributed by atoms with Gasteiger partial charge in [0.15, 0.2) is 11.5 Å². The van der Waals surface area contributed by atoms with Gasteiger partial charge >= 0.3 is 0 Å². The highest BCUT2D eigenvalue weighted by Gasteiger charge is 2.31. The normalized spacial score (nSPS) is 15.2. The molecule has 0 aliphatic carbocycles. The Balaban J connectivity index is 1.75. The molecule has 0 atom stereocenters. The number of carbonyl (C=O) groups is 1. The summed E-state index contributed by atoms with van der Waals surface area (Å²) >= 11 is 1.25. The van der Waals surface area contributed by atoms with E-state index in [-0.39, 0.29) is 19.0 Å². The molecule has 29 heavy (non-hydrogen) atoms. The first-order chi connectivity index (χ1) is 13.8. The Bertz CT molecular complexity index is 969. The Morgan fingerprint density at radius 2 is 1.55 bits per heavy atom. The Kier molecular flexibility index (Phi) is 6.35. The van der Waals surface area contributed by atoms with Crippen molar-refractivity contribution in [1.82, 2.24) is 9.21 Å². The first-order valence-electron chi connectivity index (χ1n) is 8.97. The van der Waals surface area contributed by atoms with Crippen LogP contribution in [-0.2, 0) is 10.0 Å². The first-order valence-corrected chi connectivity index (χ1v) is 11.2. The van der Waals surface area contributed by atoms with Gasteiger partial charge in [0.25, 0.3) is 15.9 Å². The van der Waals surface area contributed by atoms with Gasteiger partial charge in [-0.05, 0) is 31.2 Å². The van der Waals surface area contributed by atoms with Crippen molar-refractivity contribution in [2.24, 2.45) is 0 Å². The molecule has 0 bridgehead atoms. The average Bonchev–Trinajstić information content (AvgIpc) is 3.19. The smallest absolute Gasteiger partial charge is 0.254 e. The van der Waals surface area contributed by atoms with Gasteiger partial charge in [0.05, 0.1) is 21.3 Å². The third kappa shape index (κ3) is 4.19. The van der Waals surface area contributed by atoms with Gasteiger partial charge in [-0.15, -0.1) is 11.3 Å². The summed E-state index contributed by atoms with van der Waals surface area (Å²) in [5.41, 5.74) is 0.393. The number of benzene rings is 1. The largest absolute Gasteiger partial charge is 0.493 e. The maximum atomic E-state index is 13.0. The molecule has 0 spiro atoms. The summed E-state index contributed by atoms with van der Waals surface area (Å²) in [6.07, 6.45) is 0. The van der Waals surface area contributed by atoms with Gasteiger partial charge in [0, 0.05) is 36.6 Å². The molecule has 1 saturated heterocycles. The lowest BCUT2D eigenvalue weighted by atomic mass is 10.1. The van der Waals surface area contributed by atoms with E-state index in [2.05, 4.69) is 0 Å². The fourth-order valence-corrected chi connectivity index (χ4v) is 6.06. The fourth-order valence-electron chi connectivity index (χ4n) is 3.20. The van der Waals surface area contributed by atoms with Crippen LogP contribution in [0.5, 0.6) is 17.2 Å². The molecule has 1 fully saturated rings. The molecule has 0 saturated carbocycles. The summed E-state index contributed by atoms with van der Waals surface area (Å²) in [7, 11) is 0.944. The maximum Gasteiger partial charge on any atom is 0.254 e. The molecule has 2 aromatic rings. The Morgan fingerprint density at radius 1 is 0.966 bits per heavy atom. The van der Waals surface area contributed by atoms with Crippen LogP contribution in [0.25, 0.3) is 0 Å². The highest BCUT2D eigenvalue weighted by atomic mass is 32.2. The zero-order valence-electron chi connectivity index (χ0n) is 16.8. The summed E-state index contributed by atoms with van der Waals surface area (Å²) in [6, 6.07) is 6.62. The number of rotatable bonds is 6. The minimum absolute atomic E-state index is 0.215. The molecule has 1 aliphatic heterocycles. The SMILES string of the molecule is COc1cc(C(=O)N2CCN(S(=O)(=O)c3ccc(C)s3)CC2)cc(OC)c1OC. The predicted octanol–water partition coefficient (Wildman–Crippen LogP) is 2.23. The number of ether oxygens (including phenoxy) is 3. The van der Waals surface area contributed by atoms with E-state index in [0.29, 0.717) is 40.1 Å². The second-order valence-corrected chi connectivity index (χ2v) is 9.93. The van der Waals surface area contributed by atoms with Crippen molar-refractivity contribution in [3.63, 3.8) is 0 Å². The summed E-state index contributed by atoms with van der Waals surface area (Å²) in [4.78, 5) is 15.5. The molecule has 3 rings (SSSR count). The number of amides is 1. The van der Waals surface area contributed by atoms with Gasteiger partial charge in [-0.2, -0.15) is 4.31 Å². The van der Waals surface area contributed by atoms with E-state index in [9.17, 15) is 13.2 Å². The Hall–Kier alpha value is -2.30. The van der Waals surface area contributed by atoms with Gasteiger partial charge in [-0.25, -0.2) is 8.42 Å². The van der Waals surface area contributed by atoms with E-state index >= 15 is 0 Å². The van der Waals surface area contributed by atoms with Crippen LogP contribution in [0.2, 0.25) is 0 Å². The number of hydrogen-bond donors (Lipinski definition) is 0. The number of thiophene rings is 1. The summed E-state index contributed by atoms with van der Waals surface area (Å²) in [5, 5.41) is 0. The molecule has 1 aromatic carbocycles. The van der Waals surface area contributed by atoms with Crippen LogP contribution in [0.3, 0.4) is 0 Å². The molecule has 10 heteroatoms. The number of nitrogens with zero attached hydrogens (tertiary/aromatic N) is 2. The standard InChI is InChI=1S/C19H24N2O6S2/c1-13-5-6-17(28-13)29(23,24)21-9-7-20(8-10-21)19(22)14-11-15(25-2)18(27-4)16(12-14)26-3/h5-6,11-12H,7-10H2,1-4H3. The topological polar surface area (TPSA) is 85.4 Å². The minimum Gasteiger partial charge on any atom is -0.493 e. The second-order valence-electron chi connectivity index (χ2n) is 6.48. The second kappa shape index (κ2) is 8.60. The van der Waals surface area contributed by atoms with Gasteiger partial charge in [0.1, 0.15) is 4.21 Å². The zero-order valence-corrected chi connectivity index (χ0v) is 18.4. The van der Waals surface area contributed by atoms with E-state index in [4.69, 9.17) is 14.2 Å². The summed E-state index contributed by atoms with van der Waals surface area (Å²) in [5.74, 6) is 0.982. The van der Waals surface area contributed by atoms with Gasteiger partial charge < -0.3 is 19.1 Å². The quantitative estimate of drug-likeness (QED) is 0.685. The molecule has 0 N–H and O–H groups in total. The number of sulfonamides is 1. The van der Waals surface area contributed by atoms with Crippen molar-refractivity contribution in [3.05, 3.63) is 34.7 Å². The lowest BCUT2D eigenvalue weighted by Gasteiger charge is -2.33. The van der Waals surface area contributed by atoms with E-state index in [1.165, 1.54) is 37.0 Å². The summed E-state index contributed by atoms with van der Waals surface area (Å²) < 4.78 is 43.2. The third-order valence-electron chi connectivity index (χ3n) is 4.75. The van der Waals surface area contributed by atoms with Crippen molar-refractivity contribution in [2.45, 2.75) is 11.1 Å². The minimum atomic E-state index is -3.53. The molecule has 2 heterocycles. The Morgan fingerprint density at radius 3 is 2.00 bits per heavy atom. The zero-order chi connectivity index (χ0) is 21.2. The molecule has 0 unspecified atom stereocenters. The van der Waals surface area contributed by atoms with E-state index < -0.39 is 10.0 Å². The van der Waals surface area contributed by atoms with Gasteiger partial charge in [-0.3, -0.25) is 4.79 Å². The molecular weight excluding hydrogens is 416 g/mol. The number of methoxy groups -OCH3 is 3. The monoisotopic (exact) mass is 440 g/mol. The van der Waals surface area contributed by atoms with Gasteiger partial charge in [0.2, 0.25) is 5.75 Å². The van der Waals surface area contributed by atoms with E-state index in [1.807, 2.05) is 6.92 Å². The van der Waals surface area contributed by atoms with Crippen LogP contribution in [-0.4, -0.2) is 71.0 Å². The van der Waals surface area contributed by atoms with Crippen molar-refractivity contribution in [3.8, 4) is 17.2 Å². The number of piperazine rings is 1.